The van der Waals surface area contributed by atoms with Crippen molar-refractivity contribution in [3.63, 3.8) is 0 Å². The van der Waals surface area contributed by atoms with Crippen molar-refractivity contribution in [2.24, 2.45) is 0 Å². The first-order valence-corrected chi connectivity index (χ1v) is 13.0. The number of hydrogen-bond donors (Lipinski definition) is 1. The molecule has 1 fully saturated rings. The standard InChI is InChI=1S/C26H20Cl2N4O4S/c27-19-15-17(29-25(33)24-22(28)18-7-4-8-21(32(35)36)23(18)37-24)9-10-20(19)30-11-13-31(14-12-30)26(34)16-5-2-1-3-6-16/h1-10,15H,11-14H2,(H,29,33). The van der Waals surface area contributed by atoms with Crippen LogP contribution >= 0.6 is 34.5 Å². The van der Waals surface area contributed by atoms with Gasteiger partial charge in [0.2, 0.25) is 0 Å². The minimum atomic E-state index is -0.493. The first-order valence-electron chi connectivity index (χ1n) is 11.4. The smallest absolute Gasteiger partial charge is 0.287 e. The van der Waals surface area contributed by atoms with E-state index in [0.717, 1.165) is 17.0 Å². The molecular weight excluding hydrogens is 535 g/mol. The molecule has 4 aromatic rings. The molecule has 1 saturated heterocycles. The Bertz CT molecular complexity index is 1520. The second-order valence-electron chi connectivity index (χ2n) is 8.42. The number of nitro benzene ring substituents is 1. The molecule has 0 unspecified atom stereocenters. The summed E-state index contributed by atoms with van der Waals surface area (Å²) in [6, 6.07) is 19.0. The fraction of sp³-hybridized carbons (Fsp3) is 0.154. The number of carbonyl (C=O) groups is 2. The highest BCUT2D eigenvalue weighted by molar-refractivity contribution is 7.22. The van der Waals surface area contributed by atoms with Crippen LogP contribution in [0.25, 0.3) is 10.1 Å². The lowest BCUT2D eigenvalue weighted by Crippen LogP contribution is -2.48. The molecule has 8 nitrogen and oxygen atoms in total. The van der Waals surface area contributed by atoms with Gasteiger partial charge in [-0.2, -0.15) is 0 Å². The molecule has 0 atom stereocenters. The van der Waals surface area contributed by atoms with E-state index in [-0.39, 0.29) is 21.5 Å². The molecular formula is C26H20Cl2N4O4S. The topological polar surface area (TPSA) is 95.8 Å². The number of hydrogen-bond acceptors (Lipinski definition) is 6. The number of halogens is 2. The Balaban J connectivity index is 1.27. The quantitative estimate of drug-likeness (QED) is 0.229. The average Bonchev–Trinajstić information content (AvgIpc) is 3.25. The number of amides is 2. The Labute approximate surface area is 226 Å². The Hall–Kier alpha value is -3.66. The van der Waals surface area contributed by atoms with Gasteiger partial charge in [-0.05, 0) is 30.3 Å². The van der Waals surface area contributed by atoms with Crippen LogP contribution in [0.3, 0.4) is 0 Å². The number of piperazine rings is 1. The van der Waals surface area contributed by atoms with E-state index < -0.39 is 10.8 Å². The van der Waals surface area contributed by atoms with Crippen molar-refractivity contribution in [3.05, 3.63) is 97.3 Å². The fourth-order valence-electron chi connectivity index (χ4n) is 4.31. The van der Waals surface area contributed by atoms with E-state index in [9.17, 15) is 19.7 Å². The summed E-state index contributed by atoms with van der Waals surface area (Å²) in [5.41, 5.74) is 1.85. The van der Waals surface area contributed by atoms with Crippen LogP contribution in [-0.4, -0.2) is 47.8 Å². The summed E-state index contributed by atoms with van der Waals surface area (Å²) in [5, 5.41) is 15.2. The van der Waals surface area contributed by atoms with E-state index in [0.29, 0.717) is 52.5 Å². The number of carbonyl (C=O) groups excluding carboxylic acids is 2. The van der Waals surface area contributed by atoms with E-state index >= 15 is 0 Å². The van der Waals surface area contributed by atoms with Crippen molar-refractivity contribution in [3.8, 4) is 0 Å². The number of nitro groups is 1. The zero-order valence-corrected chi connectivity index (χ0v) is 21.6. The maximum atomic E-state index is 13.0. The molecule has 2 heterocycles. The molecule has 188 valence electrons. The number of non-ortho nitro benzene ring substituents is 1. The van der Waals surface area contributed by atoms with Gasteiger partial charge in [0, 0.05) is 48.9 Å². The van der Waals surface area contributed by atoms with Gasteiger partial charge in [-0.25, -0.2) is 0 Å². The van der Waals surface area contributed by atoms with Gasteiger partial charge in [0.25, 0.3) is 17.5 Å². The summed E-state index contributed by atoms with van der Waals surface area (Å²) in [6.45, 7) is 2.39. The monoisotopic (exact) mass is 554 g/mol. The molecule has 11 heteroatoms. The van der Waals surface area contributed by atoms with Gasteiger partial charge < -0.3 is 15.1 Å². The van der Waals surface area contributed by atoms with Crippen LogP contribution in [0.5, 0.6) is 0 Å². The number of thiophene rings is 1. The Morgan fingerprint density at radius 1 is 0.946 bits per heavy atom. The minimum Gasteiger partial charge on any atom is -0.367 e. The molecule has 3 aromatic carbocycles. The lowest BCUT2D eigenvalue weighted by molar-refractivity contribution is -0.382. The van der Waals surface area contributed by atoms with Gasteiger partial charge in [0.1, 0.15) is 9.58 Å². The van der Waals surface area contributed by atoms with Crippen LogP contribution in [0, 0.1) is 10.1 Å². The van der Waals surface area contributed by atoms with Crippen molar-refractivity contribution < 1.29 is 14.5 Å². The van der Waals surface area contributed by atoms with Gasteiger partial charge in [-0.15, -0.1) is 11.3 Å². The van der Waals surface area contributed by atoms with Crippen molar-refractivity contribution in [2.75, 3.05) is 36.4 Å². The Morgan fingerprint density at radius 3 is 2.35 bits per heavy atom. The van der Waals surface area contributed by atoms with Crippen LogP contribution in [0.1, 0.15) is 20.0 Å². The molecule has 0 spiro atoms. The van der Waals surface area contributed by atoms with Crippen molar-refractivity contribution >= 4 is 73.5 Å². The van der Waals surface area contributed by atoms with Gasteiger partial charge in [0.05, 0.1) is 20.7 Å². The largest absolute Gasteiger partial charge is 0.367 e. The summed E-state index contributed by atoms with van der Waals surface area (Å²) >= 11 is 13.9. The maximum Gasteiger partial charge on any atom is 0.287 e. The van der Waals surface area contributed by atoms with Crippen LogP contribution in [-0.2, 0) is 0 Å². The minimum absolute atomic E-state index is 0.00892. The van der Waals surface area contributed by atoms with Crippen LogP contribution < -0.4 is 10.2 Å². The van der Waals surface area contributed by atoms with E-state index in [1.54, 1.807) is 18.2 Å². The molecule has 0 bridgehead atoms. The third kappa shape index (κ3) is 4.98. The summed E-state index contributed by atoms with van der Waals surface area (Å²) in [7, 11) is 0. The molecule has 0 radical (unpaired) electrons. The summed E-state index contributed by atoms with van der Waals surface area (Å²) in [4.78, 5) is 40.6. The van der Waals surface area contributed by atoms with E-state index in [1.165, 1.54) is 12.1 Å². The number of nitrogens with zero attached hydrogens (tertiary/aromatic N) is 3. The Kier molecular flexibility index (Phi) is 7.01. The molecule has 1 aliphatic heterocycles. The molecule has 1 aliphatic rings. The number of rotatable bonds is 5. The molecule has 0 saturated carbocycles. The van der Waals surface area contributed by atoms with Crippen molar-refractivity contribution in [2.45, 2.75) is 0 Å². The van der Waals surface area contributed by atoms with E-state index in [1.807, 2.05) is 41.3 Å². The molecule has 5 rings (SSSR count). The van der Waals surface area contributed by atoms with Crippen molar-refractivity contribution in [1.82, 2.24) is 4.90 Å². The number of fused-ring (bicyclic) bond motifs is 1. The highest BCUT2D eigenvalue weighted by Gasteiger charge is 2.25. The number of anilines is 2. The summed E-state index contributed by atoms with van der Waals surface area (Å²) < 4.78 is 0.348. The zero-order valence-electron chi connectivity index (χ0n) is 19.3. The predicted molar refractivity (Wildman–Crippen MR) is 147 cm³/mol. The molecule has 0 aliphatic carbocycles. The molecule has 37 heavy (non-hydrogen) atoms. The SMILES string of the molecule is O=C(Nc1ccc(N2CCN(C(=O)c3ccccc3)CC2)c(Cl)c1)c1sc2c([N+](=O)[O-])cccc2c1Cl. The molecule has 1 N–H and O–H groups in total. The summed E-state index contributed by atoms with van der Waals surface area (Å²) in [5.74, 6) is -0.466. The molecule has 2 amide bonds. The van der Waals surface area contributed by atoms with E-state index in [2.05, 4.69) is 10.2 Å². The fourth-order valence-corrected chi connectivity index (χ4v) is 6.10. The van der Waals surface area contributed by atoms with Crippen LogP contribution in [0.4, 0.5) is 17.1 Å². The van der Waals surface area contributed by atoms with Crippen molar-refractivity contribution in [1.29, 1.82) is 0 Å². The second-order valence-corrected chi connectivity index (χ2v) is 10.2. The highest BCUT2D eigenvalue weighted by Crippen LogP contribution is 2.40. The van der Waals surface area contributed by atoms with Crippen LogP contribution in [0.2, 0.25) is 10.0 Å². The highest BCUT2D eigenvalue weighted by atomic mass is 35.5. The molecule has 1 aromatic heterocycles. The maximum absolute atomic E-state index is 13.0. The van der Waals surface area contributed by atoms with Crippen LogP contribution in [0.15, 0.2) is 66.7 Å². The lowest BCUT2D eigenvalue weighted by Gasteiger charge is -2.36. The third-order valence-electron chi connectivity index (χ3n) is 6.17. The normalized spacial score (nSPS) is 13.6. The Morgan fingerprint density at radius 2 is 1.68 bits per heavy atom. The number of nitrogens with one attached hydrogen (secondary N) is 1. The zero-order chi connectivity index (χ0) is 26.1. The average molecular weight is 555 g/mol. The summed E-state index contributed by atoms with van der Waals surface area (Å²) in [6.07, 6.45) is 0. The van der Waals surface area contributed by atoms with Gasteiger partial charge in [0.15, 0.2) is 0 Å². The first kappa shape index (κ1) is 25.0. The lowest BCUT2D eigenvalue weighted by atomic mass is 10.1. The van der Waals surface area contributed by atoms with Gasteiger partial charge in [-0.3, -0.25) is 19.7 Å². The van der Waals surface area contributed by atoms with Gasteiger partial charge >= 0.3 is 0 Å². The second kappa shape index (κ2) is 10.4. The number of benzene rings is 3. The van der Waals surface area contributed by atoms with Gasteiger partial charge in [-0.1, -0.05) is 53.5 Å². The first-order chi connectivity index (χ1) is 17.8. The third-order valence-corrected chi connectivity index (χ3v) is 8.21. The van der Waals surface area contributed by atoms with E-state index in [4.69, 9.17) is 23.2 Å². The predicted octanol–water partition coefficient (Wildman–Crippen LogP) is 6.33.